The summed E-state index contributed by atoms with van der Waals surface area (Å²) < 4.78 is 45.3. The van der Waals surface area contributed by atoms with Crippen molar-refractivity contribution in [2.75, 3.05) is 11.9 Å². The summed E-state index contributed by atoms with van der Waals surface area (Å²) in [7, 11) is 0. The highest BCUT2D eigenvalue weighted by Crippen LogP contribution is 2.43. The Bertz CT molecular complexity index is 1040. The molecule has 166 valence electrons. The molecule has 0 saturated carbocycles. The van der Waals surface area contributed by atoms with E-state index in [1.165, 1.54) is 17.2 Å². The molecular weight excluding hydrogens is 481 g/mol. The number of halogens is 4. The first-order valence-corrected chi connectivity index (χ1v) is 10.5. The molecule has 0 bridgehead atoms. The number of hydrogen-bond donors (Lipinski definition) is 3. The maximum atomic E-state index is 15.0. The molecule has 0 aromatic carbocycles. The molecular formula is C19H20BrF3N6O2. The Labute approximate surface area is 184 Å². The number of nitrogens with zero attached hydrogens (tertiary/aromatic N) is 5. The van der Waals surface area contributed by atoms with Gasteiger partial charge in [-0.1, -0.05) is 0 Å². The summed E-state index contributed by atoms with van der Waals surface area (Å²) in [5, 5.41) is 37.1. The SMILES string of the molecule is N#CC[C@]1(O)CCC(F)(F)c2c3c(nn2C1)CCN(C(O)Nc1ccnc(Br)c1F)C3. The van der Waals surface area contributed by atoms with Gasteiger partial charge in [-0.25, -0.2) is 9.37 Å². The fourth-order valence-corrected chi connectivity index (χ4v) is 4.43. The summed E-state index contributed by atoms with van der Waals surface area (Å²) in [6.07, 6.45) is -0.784. The number of rotatable bonds is 4. The first-order valence-electron chi connectivity index (χ1n) is 9.68. The Morgan fingerprint density at radius 2 is 2.16 bits per heavy atom. The second kappa shape index (κ2) is 8.05. The highest BCUT2D eigenvalue weighted by molar-refractivity contribution is 9.10. The normalized spacial score (nSPS) is 23.9. The molecule has 3 N–H and O–H groups in total. The molecule has 2 aliphatic rings. The first kappa shape index (κ1) is 22.0. The molecule has 0 radical (unpaired) electrons. The number of anilines is 1. The standard InChI is InChI=1S/C19H20BrF3N6O2/c20-16-14(21)13(1-7-25-16)26-17(30)28-8-2-12-11(9-28)15-19(22,23)4-3-18(31,5-6-24)10-29(15)27-12/h1,7,17,30-31H,2-5,8-10H2,(H,25,26)/t17?,18-/m1/s1. The van der Waals surface area contributed by atoms with Crippen LogP contribution in [-0.2, 0) is 25.4 Å². The topological polar surface area (TPSA) is 110 Å². The summed E-state index contributed by atoms with van der Waals surface area (Å²) in [6.45, 7) is 0.0774. The highest BCUT2D eigenvalue weighted by Gasteiger charge is 2.47. The van der Waals surface area contributed by atoms with Crippen molar-refractivity contribution in [2.45, 2.75) is 56.6 Å². The van der Waals surface area contributed by atoms with E-state index in [0.29, 0.717) is 18.7 Å². The summed E-state index contributed by atoms with van der Waals surface area (Å²) in [4.78, 5) is 5.25. The molecule has 2 atom stereocenters. The van der Waals surface area contributed by atoms with Crippen LogP contribution in [0.3, 0.4) is 0 Å². The van der Waals surface area contributed by atoms with Gasteiger partial charge in [-0.15, -0.1) is 0 Å². The van der Waals surface area contributed by atoms with E-state index in [1.54, 1.807) is 0 Å². The fraction of sp³-hybridized carbons (Fsp3) is 0.526. The maximum Gasteiger partial charge on any atom is 0.289 e. The van der Waals surface area contributed by atoms with E-state index in [4.69, 9.17) is 5.26 Å². The smallest absolute Gasteiger partial charge is 0.289 e. The Morgan fingerprint density at radius 1 is 1.39 bits per heavy atom. The van der Waals surface area contributed by atoms with E-state index in [1.807, 2.05) is 6.07 Å². The van der Waals surface area contributed by atoms with Gasteiger partial charge in [-0.05, 0) is 28.4 Å². The monoisotopic (exact) mass is 500 g/mol. The number of nitrogens with one attached hydrogen (secondary N) is 1. The highest BCUT2D eigenvalue weighted by atomic mass is 79.9. The third-order valence-electron chi connectivity index (χ3n) is 5.71. The molecule has 8 nitrogen and oxygen atoms in total. The summed E-state index contributed by atoms with van der Waals surface area (Å²) in [5.74, 6) is -3.92. The molecule has 1 unspecified atom stereocenters. The molecule has 31 heavy (non-hydrogen) atoms. The number of aromatic nitrogens is 3. The van der Waals surface area contributed by atoms with Crippen LogP contribution in [0.4, 0.5) is 18.9 Å². The zero-order chi connectivity index (χ0) is 22.4. The van der Waals surface area contributed by atoms with E-state index >= 15 is 8.78 Å². The number of aliphatic hydroxyl groups is 2. The molecule has 0 aliphatic carbocycles. The minimum atomic E-state index is -3.25. The summed E-state index contributed by atoms with van der Waals surface area (Å²) in [6, 6.07) is 3.21. The third-order valence-corrected chi connectivity index (χ3v) is 6.26. The van der Waals surface area contributed by atoms with Crippen LogP contribution in [0, 0.1) is 17.1 Å². The Balaban J connectivity index is 1.61. The van der Waals surface area contributed by atoms with Gasteiger partial charge >= 0.3 is 0 Å². The van der Waals surface area contributed by atoms with E-state index in [-0.39, 0.29) is 47.5 Å². The largest absolute Gasteiger partial charge is 0.387 e. The Kier molecular flexibility index (Phi) is 5.72. The van der Waals surface area contributed by atoms with Crippen molar-refractivity contribution in [1.29, 1.82) is 5.26 Å². The van der Waals surface area contributed by atoms with Crippen molar-refractivity contribution in [1.82, 2.24) is 19.7 Å². The fourth-order valence-electron chi connectivity index (χ4n) is 4.10. The van der Waals surface area contributed by atoms with E-state index in [0.717, 1.165) is 4.68 Å². The third kappa shape index (κ3) is 4.15. The number of nitriles is 1. The quantitative estimate of drug-likeness (QED) is 0.436. The molecule has 0 amide bonds. The molecule has 4 rings (SSSR count). The Hall–Kier alpha value is -2.20. The van der Waals surface area contributed by atoms with Crippen molar-refractivity contribution >= 4 is 21.6 Å². The number of alkyl halides is 2. The number of hydrogen-bond acceptors (Lipinski definition) is 7. The van der Waals surface area contributed by atoms with Gasteiger partial charge in [0.15, 0.2) is 12.2 Å². The van der Waals surface area contributed by atoms with Crippen molar-refractivity contribution in [3.63, 3.8) is 0 Å². The Morgan fingerprint density at radius 3 is 2.90 bits per heavy atom. The molecule has 0 fully saturated rings. The van der Waals surface area contributed by atoms with E-state index < -0.39 is 30.1 Å². The van der Waals surface area contributed by atoms with Crippen LogP contribution in [0.2, 0.25) is 0 Å². The first-order chi connectivity index (χ1) is 14.6. The van der Waals surface area contributed by atoms with Crippen LogP contribution in [0.5, 0.6) is 0 Å². The average molecular weight is 501 g/mol. The molecule has 2 aromatic rings. The number of pyridine rings is 1. The van der Waals surface area contributed by atoms with Gasteiger partial charge in [-0.2, -0.15) is 19.1 Å². The van der Waals surface area contributed by atoms with Crippen LogP contribution in [0.1, 0.15) is 36.2 Å². The predicted octanol–water partition coefficient (Wildman–Crippen LogP) is 2.46. The zero-order valence-corrected chi connectivity index (χ0v) is 17.9. The van der Waals surface area contributed by atoms with Gasteiger partial charge in [-0.3, -0.25) is 9.58 Å². The molecule has 12 heteroatoms. The van der Waals surface area contributed by atoms with Crippen LogP contribution in [0.25, 0.3) is 0 Å². The molecule has 2 aromatic heterocycles. The molecule has 0 spiro atoms. The second-order valence-corrected chi connectivity index (χ2v) is 8.65. The summed E-state index contributed by atoms with van der Waals surface area (Å²) in [5.41, 5.74) is -1.11. The van der Waals surface area contributed by atoms with Gasteiger partial charge in [0.2, 0.25) is 0 Å². The van der Waals surface area contributed by atoms with Crippen molar-refractivity contribution in [3.05, 3.63) is 39.6 Å². The van der Waals surface area contributed by atoms with E-state index in [2.05, 4.69) is 31.3 Å². The van der Waals surface area contributed by atoms with Crippen LogP contribution >= 0.6 is 15.9 Å². The van der Waals surface area contributed by atoms with Gasteiger partial charge in [0.1, 0.15) is 10.3 Å². The lowest BCUT2D eigenvalue weighted by Crippen LogP contribution is -2.44. The molecule has 4 heterocycles. The van der Waals surface area contributed by atoms with Crippen molar-refractivity contribution < 1.29 is 23.4 Å². The van der Waals surface area contributed by atoms with E-state index in [9.17, 15) is 14.6 Å². The lowest BCUT2D eigenvalue weighted by atomic mass is 9.93. The van der Waals surface area contributed by atoms with Gasteiger partial charge < -0.3 is 15.5 Å². The zero-order valence-electron chi connectivity index (χ0n) is 16.3. The van der Waals surface area contributed by atoms with Crippen LogP contribution in [-0.4, -0.2) is 48.4 Å². The number of aliphatic hydroxyl groups excluding tert-OH is 1. The predicted molar refractivity (Wildman–Crippen MR) is 106 cm³/mol. The number of fused-ring (bicyclic) bond motifs is 3. The maximum absolute atomic E-state index is 15.0. The van der Waals surface area contributed by atoms with Crippen LogP contribution < -0.4 is 5.32 Å². The van der Waals surface area contributed by atoms with Crippen molar-refractivity contribution in [2.24, 2.45) is 0 Å². The molecule has 2 aliphatic heterocycles. The minimum Gasteiger partial charge on any atom is -0.387 e. The molecule has 0 saturated heterocycles. The van der Waals surface area contributed by atoms with Crippen molar-refractivity contribution in [3.8, 4) is 6.07 Å². The minimum absolute atomic E-state index is 0.0147. The lowest BCUT2D eigenvalue weighted by molar-refractivity contribution is -0.0407. The summed E-state index contributed by atoms with van der Waals surface area (Å²) >= 11 is 2.97. The lowest BCUT2D eigenvalue weighted by Gasteiger charge is -2.32. The van der Waals surface area contributed by atoms with Gasteiger partial charge in [0, 0.05) is 37.7 Å². The van der Waals surface area contributed by atoms with Crippen LogP contribution in [0.15, 0.2) is 16.9 Å². The van der Waals surface area contributed by atoms with Gasteiger partial charge in [0.05, 0.1) is 36.0 Å². The average Bonchev–Trinajstić information content (AvgIpc) is 3.03. The van der Waals surface area contributed by atoms with Gasteiger partial charge in [0.25, 0.3) is 5.92 Å². The second-order valence-electron chi connectivity index (χ2n) is 7.90.